The maximum Gasteiger partial charge on any atom is 0.164 e. The van der Waals surface area contributed by atoms with Gasteiger partial charge in [-0.3, -0.25) is 0 Å². The van der Waals surface area contributed by atoms with E-state index in [0.29, 0.717) is 23.0 Å². The number of benzene rings is 6. The number of para-hydroxylation sites is 1. The quantitative estimate of drug-likeness (QED) is 0.204. The summed E-state index contributed by atoms with van der Waals surface area (Å²) < 4.78 is 8.71. The van der Waals surface area contributed by atoms with Crippen molar-refractivity contribution in [3.8, 4) is 45.9 Å². The molecule has 0 saturated heterocycles. The zero-order chi connectivity index (χ0) is 30.6. The van der Waals surface area contributed by atoms with E-state index in [4.69, 9.17) is 19.4 Å². The van der Waals surface area contributed by atoms with Crippen molar-refractivity contribution in [2.24, 2.45) is 0 Å². The summed E-state index contributed by atoms with van der Waals surface area (Å²) in [6.07, 6.45) is 0. The van der Waals surface area contributed by atoms with E-state index in [2.05, 4.69) is 34.9 Å². The molecule has 0 unspecified atom stereocenters. The lowest BCUT2D eigenvalue weighted by Gasteiger charge is -2.09. The first-order valence-electron chi connectivity index (χ1n) is 15.0. The third kappa shape index (κ3) is 4.07. The number of hydrogen-bond donors (Lipinski definition) is 0. The number of hydrogen-bond acceptors (Lipinski definition) is 5. The van der Waals surface area contributed by atoms with Crippen LogP contribution in [0.2, 0.25) is 0 Å². The van der Waals surface area contributed by atoms with Crippen LogP contribution in [0.15, 0.2) is 144 Å². The Balaban J connectivity index is 1.34. The zero-order valence-electron chi connectivity index (χ0n) is 24.4. The van der Waals surface area contributed by atoms with Gasteiger partial charge in [-0.15, -0.1) is 0 Å². The molecule has 6 heteroatoms. The Morgan fingerprint density at radius 3 is 1.78 bits per heavy atom. The Labute approximate surface area is 263 Å². The van der Waals surface area contributed by atoms with Crippen LogP contribution in [0.5, 0.6) is 0 Å². The topological polar surface area (TPSA) is 80.5 Å². The third-order valence-corrected chi connectivity index (χ3v) is 8.46. The minimum Gasteiger partial charge on any atom is -0.456 e. The molecule has 9 aromatic rings. The van der Waals surface area contributed by atoms with Crippen LogP contribution < -0.4 is 0 Å². The van der Waals surface area contributed by atoms with Crippen molar-refractivity contribution < 1.29 is 4.42 Å². The summed E-state index contributed by atoms with van der Waals surface area (Å²) in [6, 6.07) is 48.7. The SMILES string of the molecule is N#Cc1ccc2c(c1)c1ccc3oc4ccc(-c5nc(-c6ccccc6)nc(-c6ccccc6)n5)cc4c3c1n2-c1ccccc1. The molecule has 0 amide bonds. The summed E-state index contributed by atoms with van der Waals surface area (Å²) in [6.45, 7) is 0. The molecular weight excluding hydrogens is 566 g/mol. The van der Waals surface area contributed by atoms with Crippen LogP contribution in [0, 0.1) is 11.3 Å². The molecule has 0 aliphatic heterocycles. The van der Waals surface area contributed by atoms with Gasteiger partial charge in [-0.1, -0.05) is 78.9 Å². The Bertz CT molecular complexity index is 2580. The van der Waals surface area contributed by atoms with Crippen molar-refractivity contribution in [2.45, 2.75) is 0 Å². The molecule has 214 valence electrons. The van der Waals surface area contributed by atoms with Gasteiger partial charge in [0.15, 0.2) is 17.5 Å². The summed E-state index contributed by atoms with van der Waals surface area (Å²) in [5.74, 6) is 1.81. The van der Waals surface area contributed by atoms with Gasteiger partial charge in [0, 0.05) is 38.5 Å². The maximum absolute atomic E-state index is 9.71. The highest BCUT2D eigenvalue weighted by Crippen LogP contribution is 2.42. The average molecular weight is 590 g/mol. The molecule has 0 N–H and O–H groups in total. The first-order chi connectivity index (χ1) is 22.7. The number of rotatable bonds is 4. The van der Waals surface area contributed by atoms with Crippen molar-refractivity contribution in [1.29, 1.82) is 5.26 Å². The van der Waals surface area contributed by atoms with E-state index < -0.39 is 0 Å². The fraction of sp³-hybridized carbons (Fsp3) is 0. The lowest BCUT2D eigenvalue weighted by molar-refractivity contribution is 0.669. The Morgan fingerprint density at radius 1 is 0.522 bits per heavy atom. The highest BCUT2D eigenvalue weighted by atomic mass is 16.3. The van der Waals surface area contributed by atoms with E-state index in [1.807, 2.05) is 115 Å². The second-order valence-corrected chi connectivity index (χ2v) is 11.2. The first-order valence-corrected chi connectivity index (χ1v) is 15.0. The van der Waals surface area contributed by atoms with Gasteiger partial charge in [0.05, 0.1) is 28.1 Å². The predicted octanol–water partition coefficient (Wildman–Crippen LogP) is 9.74. The van der Waals surface area contributed by atoms with Crippen molar-refractivity contribution in [2.75, 3.05) is 0 Å². The molecule has 3 heterocycles. The number of fused-ring (bicyclic) bond motifs is 7. The first kappa shape index (κ1) is 25.9. The molecule has 0 bridgehead atoms. The normalized spacial score (nSPS) is 11.5. The lowest BCUT2D eigenvalue weighted by atomic mass is 10.0. The van der Waals surface area contributed by atoms with Gasteiger partial charge < -0.3 is 8.98 Å². The Morgan fingerprint density at radius 2 is 1.13 bits per heavy atom. The molecule has 9 rings (SSSR count). The van der Waals surface area contributed by atoms with Crippen LogP contribution in [0.1, 0.15) is 5.56 Å². The van der Waals surface area contributed by atoms with E-state index in [-0.39, 0.29) is 0 Å². The monoisotopic (exact) mass is 589 g/mol. The lowest BCUT2D eigenvalue weighted by Crippen LogP contribution is -2.00. The molecule has 46 heavy (non-hydrogen) atoms. The molecule has 6 aromatic carbocycles. The van der Waals surface area contributed by atoms with Crippen LogP contribution in [-0.2, 0) is 0 Å². The summed E-state index contributed by atoms with van der Waals surface area (Å²) in [4.78, 5) is 14.8. The minimum atomic E-state index is 0.582. The number of nitriles is 1. The van der Waals surface area contributed by atoms with Crippen LogP contribution in [0.4, 0.5) is 0 Å². The summed E-state index contributed by atoms with van der Waals surface area (Å²) in [5, 5.41) is 13.7. The highest BCUT2D eigenvalue weighted by molar-refractivity contribution is 6.24. The second-order valence-electron chi connectivity index (χ2n) is 11.2. The molecular formula is C40H23N5O. The van der Waals surface area contributed by atoms with E-state index in [1.54, 1.807) is 0 Å². The van der Waals surface area contributed by atoms with Crippen molar-refractivity contribution in [3.63, 3.8) is 0 Å². The Kier molecular flexibility index (Phi) is 5.77. The molecule has 0 spiro atoms. The van der Waals surface area contributed by atoms with Crippen molar-refractivity contribution in [3.05, 3.63) is 145 Å². The third-order valence-electron chi connectivity index (χ3n) is 8.46. The predicted molar refractivity (Wildman–Crippen MR) is 182 cm³/mol. The van der Waals surface area contributed by atoms with E-state index in [0.717, 1.165) is 66.1 Å². The molecule has 0 aliphatic carbocycles. The second kappa shape index (κ2) is 10.3. The van der Waals surface area contributed by atoms with Crippen LogP contribution >= 0.6 is 0 Å². The molecule has 3 aromatic heterocycles. The highest BCUT2D eigenvalue weighted by Gasteiger charge is 2.20. The van der Waals surface area contributed by atoms with Crippen molar-refractivity contribution >= 4 is 43.7 Å². The van der Waals surface area contributed by atoms with Crippen LogP contribution in [-0.4, -0.2) is 19.5 Å². The summed E-state index contributed by atoms with van der Waals surface area (Å²) >= 11 is 0. The van der Waals surface area contributed by atoms with Gasteiger partial charge in [0.2, 0.25) is 0 Å². The van der Waals surface area contributed by atoms with Gasteiger partial charge >= 0.3 is 0 Å². The summed E-state index contributed by atoms with van der Waals surface area (Å²) in [7, 11) is 0. The van der Waals surface area contributed by atoms with Crippen molar-refractivity contribution in [1.82, 2.24) is 19.5 Å². The molecule has 0 atom stereocenters. The molecule has 0 aliphatic rings. The molecule has 6 nitrogen and oxygen atoms in total. The molecule has 0 radical (unpaired) electrons. The smallest absolute Gasteiger partial charge is 0.164 e. The minimum absolute atomic E-state index is 0.582. The largest absolute Gasteiger partial charge is 0.456 e. The van der Waals surface area contributed by atoms with Crippen LogP contribution in [0.25, 0.3) is 83.6 Å². The zero-order valence-corrected chi connectivity index (χ0v) is 24.4. The van der Waals surface area contributed by atoms with Gasteiger partial charge in [0.25, 0.3) is 0 Å². The number of nitrogens with zero attached hydrogens (tertiary/aromatic N) is 5. The van der Waals surface area contributed by atoms with Crippen LogP contribution in [0.3, 0.4) is 0 Å². The maximum atomic E-state index is 9.71. The van der Waals surface area contributed by atoms with E-state index >= 15 is 0 Å². The average Bonchev–Trinajstić information content (AvgIpc) is 3.67. The molecule has 0 saturated carbocycles. The molecule has 0 fully saturated rings. The number of furan rings is 1. The fourth-order valence-corrected chi connectivity index (χ4v) is 6.36. The standard InChI is InChI=1S/C40H23N5O/c41-24-25-16-19-33-31(22-25)30-18-21-35-36(37(30)45(33)29-14-8-3-9-15-29)32-23-28(17-20-34(32)46-35)40-43-38(26-10-4-1-5-11-26)42-39(44-40)27-12-6-2-7-13-27/h1-23H. The Hall–Kier alpha value is -6.58. The summed E-state index contributed by atoms with van der Waals surface area (Å²) in [5.41, 5.74) is 7.96. The van der Waals surface area contributed by atoms with E-state index in [9.17, 15) is 5.26 Å². The van der Waals surface area contributed by atoms with E-state index in [1.165, 1.54) is 0 Å². The fourth-order valence-electron chi connectivity index (χ4n) is 6.36. The van der Waals surface area contributed by atoms with Gasteiger partial charge in [-0.25, -0.2) is 15.0 Å². The van der Waals surface area contributed by atoms with Gasteiger partial charge in [0.1, 0.15) is 11.2 Å². The van der Waals surface area contributed by atoms with Gasteiger partial charge in [-0.05, 0) is 60.7 Å². The number of aromatic nitrogens is 4. The van der Waals surface area contributed by atoms with Gasteiger partial charge in [-0.2, -0.15) is 5.26 Å².